The molecule has 0 radical (unpaired) electrons. The molecule has 41 heavy (non-hydrogen) atoms. The van der Waals surface area contributed by atoms with Gasteiger partial charge in [-0.05, 0) is 103 Å². The van der Waals surface area contributed by atoms with Crippen LogP contribution in [-0.4, -0.2) is 53.8 Å². The maximum Gasteiger partial charge on any atom is 0.408 e. The smallest absolute Gasteiger partial charge is 0.408 e. The number of nitrogens with zero attached hydrogens (tertiary/aromatic N) is 1. The summed E-state index contributed by atoms with van der Waals surface area (Å²) in [5, 5.41) is 9.55. The number of nitrogens with one attached hydrogen (secondary N) is 3. The molecule has 1 aromatic rings. The number of aryl methyl sites for hydroxylation is 2. The van der Waals surface area contributed by atoms with Crippen molar-refractivity contribution < 1.29 is 23.9 Å². The number of anilines is 1. The van der Waals surface area contributed by atoms with E-state index in [1.807, 2.05) is 20.8 Å². The topological polar surface area (TPSA) is 119 Å². The number of amides is 2. The molecule has 1 aromatic heterocycles. The van der Waals surface area contributed by atoms with E-state index >= 15 is 0 Å². The van der Waals surface area contributed by atoms with Crippen LogP contribution in [0.4, 0.5) is 10.6 Å². The summed E-state index contributed by atoms with van der Waals surface area (Å²) in [6.45, 7) is 6.56. The number of methoxy groups -OCH3 is 1. The fourth-order valence-corrected chi connectivity index (χ4v) is 6.63. The first-order valence-corrected chi connectivity index (χ1v) is 15.7. The Hall–Kier alpha value is -2.84. The van der Waals surface area contributed by atoms with Gasteiger partial charge in [0.05, 0.1) is 7.11 Å². The second-order valence-electron chi connectivity index (χ2n) is 13.4. The minimum Gasteiger partial charge on any atom is -0.467 e. The van der Waals surface area contributed by atoms with Crippen molar-refractivity contribution in [2.45, 2.75) is 134 Å². The van der Waals surface area contributed by atoms with Crippen molar-refractivity contribution in [1.82, 2.24) is 15.6 Å². The minimum atomic E-state index is -0.623. The van der Waals surface area contributed by atoms with Gasteiger partial charge in [-0.25, -0.2) is 14.6 Å². The third-order valence-corrected chi connectivity index (χ3v) is 9.16. The number of esters is 1. The van der Waals surface area contributed by atoms with Crippen molar-refractivity contribution in [3.05, 3.63) is 23.4 Å². The number of hydrogen-bond donors (Lipinski definition) is 3. The number of aromatic nitrogens is 1. The molecule has 9 heteroatoms. The molecule has 5 rings (SSSR count). The van der Waals surface area contributed by atoms with E-state index in [1.165, 1.54) is 19.1 Å². The molecule has 1 atom stereocenters. The molecular weight excluding hydrogens is 520 g/mol. The Bertz CT molecular complexity index is 1060. The van der Waals surface area contributed by atoms with Crippen LogP contribution in [0.2, 0.25) is 0 Å². The third kappa shape index (κ3) is 8.35. The van der Waals surface area contributed by atoms with E-state index in [0.29, 0.717) is 25.7 Å². The molecule has 0 saturated heterocycles. The Labute approximate surface area is 245 Å². The summed E-state index contributed by atoms with van der Waals surface area (Å²) < 4.78 is 10.5. The predicted octanol–water partition coefficient (Wildman–Crippen LogP) is 5.60. The molecule has 9 nitrogen and oxygen atoms in total. The number of fused-ring (bicyclic) bond motifs is 4. The molecule has 3 saturated carbocycles. The lowest BCUT2D eigenvalue weighted by Gasteiger charge is -2.52. The lowest BCUT2D eigenvalue weighted by molar-refractivity contribution is -0.149. The fourth-order valence-electron chi connectivity index (χ4n) is 6.63. The van der Waals surface area contributed by atoms with Gasteiger partial charge in [0.25, 0.3) is 0 Å². The van der Waals surface area contributed by atoms with Crippen molar-refractivity contribution in [2.24, 2.45) is 5.41 Å². The van der Waals surface area contributed by atoms with Crippen LogP contribution in [0.1, 0.15) is 115 Å². The highest BCUT2D eigenvalue weighted by Gasteiger charge is 2.53. The molecule has 0 spiro atoms. The van der Waals surface area contributed by atoms with Gasteiger partial charge in [-0.15, -0.1) is 0 Å². The Kier molecular flexibility index (Phi) is 10.2. The van der Waals surface area contributed by atoms with E-state index in [1.54, 1.807) is 0 Å². The van der Waals surface area contributed by atoms with Crippen LogP contribution >= 0.6 is 0 Å². The number of rotatable bonds is 12. The maximum absolute atomic E-state index is 13.5. The van der Waals surface area contributed by atoms with Crippen LogP contribution in [0.5, 0.6) is 0 Å². The fraction of sp³-hybridized carbons (Fsp3) is 0.750. The molecule has 228 valence electrons. The first kappa shape index (κ1) is 31.1. The van der Waals surface area contributed by atoms with Crippen LogP contribution in [0.15, 0.2) is 12.1 Å². The second-order valence-corrected chi connectivity index (χ2v) is 13.4. The number of unbranched alkanes of at least 4 members (excludes halogenated alkanes) is 4. The van der Waals surface area contributed by atoms with E-state index < -0.39 is 23.2 Å². The molecule has 4 aliphatic rings. The molecule has 2 bridgehead atoms. The van der Waals surface area contributed by atoms with Crippen LogP contribution in [0, 0.1) is 5.41 Å². The average molecular weight is 571 g/mol. The summed E-state index contributed by atoms with van der Waals surface area (Å²) in [7, 11) is 1.38. The minimum absolute atomic E-state index is 0.0505. The van der Waals surface area contributed by atoms with Crippen molar-refractivity contribution in [1.29, 1.82) is 0 Å². The Balaban J connectivity index is 1.17. The zero-order valence-corrected chi connectivity index (χ0v) is 25.5. The van der Waals surface area contributed by atoms with E-state index in [4.69, 9.17) is 14.5 Å². The zero-order chi connectivity index (χ0) is 29.5. The molecule has 3 N–H and O–H groups in total. The number of carbonyl (C=O) groups excluding carboxylic acids is 3. The summed E-state index contributed by atoms with van der Waals surface area (Å²) in [6, 6.07) is 3.75. The lowest BCUT2D eigenvalue weighted by Crippen LogP contribution is -2.61. The highest BCUT2D eigenvalue weighted by molar-refractivity contribution is 5.88. The lowest BCUT2D eigenvalue weighted by atomic mass is 9.57. The van der Waals surface area contributed by atoms with Crippen LogP contribution in [0.3, 0.4) is 0 Å². The van der Waals surface area contributed by atoms with Gasteiger partial charge in [0.15, 0.2) is 0 Å². The second kappa shape index (κ2) is 13.4. The van der Waals surface area contributed by atoms with Crippen molar-refractivity contribution >= 4 is 23.8 Å². The number of carbonyl (C=O) groups is 3. The van der Waals surface area contributed by atoms with Gasteiger partial charge in [0, 0.05) is 23.2 Å². The van der Waals surface area contributed by atoms with E-state index in [9.17, 15) is 14.4 Å². The summed E-state index contributed by atoms with van der Waals surface area (Å²) in [5.74, 6) is 0.627. The molecular formula is C32H50N4O5. The first-order chi connectivity index (χ1) is 19.5. The van der Waals surface area contributed by atoms with Crippen molar-refractivity contribution in [2.75, 3.05) is 19.0 Å². The predicted molar refractivity (Wildman–Crippen MR) is 159 cm³/mol. The molecule has 3 aliphatic carbocycles. The molecule has 2 amide bonds. The van der Waals surface area contributed by atoms with E-state index in [0.717, 1.165) is 82.3 Å². The summed E-state index contributed by atoms with van der Waals surface area (Å²) in [4.78, 5) is 43.2. The van der Waals surface area contributed by atoms with Crippen LogP contribution < -0.4 is 16.0 Å². The number of ether oxygens (including phenoxy) is 2. The Morgan fingerprint density at radius 3 is 2.37 bits per heavy atom. The largest absolute Gasteiger partial charge is 0.467 e. The number of hydrogen-bond acceptors (Lipinski definition) is 7. The van der Waals surface area contributed by atoms with Crippen LogP contribution in [0.25, 0.3) is 0 Å². The number of alkyl carbamates (subject to hydrolysis) is 1. The molecule has 0 aromatic carbocycles. The molecule has 1 aliphatic heterocycles. The normalized spacial score (nSPS) is 24.0. The maximum atomic E-state index is 13.5. The molecule has 0 unspecified atom stereocenters. The van der Waals surface area contributed by atoms with E-state index in [-0.39, 0.29) is 17.4 Å². The van der Waals surface area contributed by atoms with Gasteiger partial charge in [0.2, 0.25) is 5.91 Å². The van der Waals surface area contributed by atoms with E-state index in [2.05, 4.69) is 28.1 Å². The van der Waals surface area contributed by atoms with Crippen LogP contribution in [-0.2, 0) is 31.9 Å². The molecule has 2 heterocycles. The summed E-state index contributed by atoms with van der Waals surface area (Å²) in [6.07, 6.45) is 12.9. The molecule has 3 fully saturated rings. The SMILES string of the molecule is COC(=O)[C@H](CCCCCCCc1ccc2c(n1)NCCC2)NC(=O)C12CCC(NC(=O)OC(C)(C)C)(CC1)CC2. The Morgan fingerprint density at radius 1 is 1.00 bits per heavy atom. The van der Waals surface area contributed by atoms with Gasteiger partial charge in [-0.1, -0.05) is 31.7 Å². The summed E-state index contributed by atoms with van der Waals surface area (Å²) >= 11 is 0. The van der Waals surface area contributed by atoms with Gasteiger partial charge < -0.3 is 25.4 Å². The highest BCUT2D eigenvalue weighted by Crippen LogP contribution is 2.52. The van der Waals surface area contributed by atoms with Gasteiger partial charge in [0.1, 0.15) is 17.5 Å². The van der Waals surface area contributed by atoms with Gasteiger partial charge in [-0.3, -0.25) is 4.79 Å². The monoisotopic (exact) mass is 570 g/mol. The zero-order valence-electron chi connectivity index (χ0n) is 25.5. The van der Waals surface area contributed by atoms with Crippen molar-refractivity contribution in [3.8, 4) is 0 Å². The first-order valence-electron chi connectivity index (χ1n) is 15.7. The third-order valence-electron chi connectivity index (χ3n) is 9.16. The van der Waals surface area contributed by atoms with Gasteiger partial charge >= 0.3 is 12.1 Å². The average Bonchev–Trinajstić information content (AvgIpc) is 2.95. The highest BCUT2D eigenvalue weighted by atomic mass is 16.6. The van der Waals surface area contributed by atoms with Gasteiger partial charge in [-0.2, -0.15) is 0 Å². The Morgan fingerprint density at radius 2 is 1.68 bits per heavy atom. The standard InChI is InChI=1S/C32H50N4O5/c1-30(2,3)41-29(39)36-32-19-16-31(17-20-32,18-21-32)28(38)35-25(27(37)40-4)13-9-7-5-6-8-12-24-15-14-23-11-10-22-33-26(23)34-24/h14-15,25H,5-13,16-22H2,1-4H3,(H,33,34)(H,35,38)(H,36,39)/t25-,31?,32?/m0/s1. The van der Waals surface area contributed by atoms with Crippen molar-refractivity contribution in [3.63, 3.8) is 0 Å². The number of pyridine rings is 1. The summed E-state index contributed by atoms with van der Waals surface area (Å²) in [5.41, 5.74) is 1.13. The quantitative estimate of drug-likeness (QED) is 0.221.